The van der Waals surface area contributed by atoms with Gasteiger partial charge in [0.25, 0.3) is 0 Å². The lowest BCUT2D eigenvalue weighted by Gasteiger charge is -2.42. The molecular formula is C16H30BrNO4. The predicted molar refractivity (Wildman–Crippen MR) is 90.6 cm³/mol. The van der Waals surface area contributed by atoms with Crippen molar-refractivity contribution in [3.05, 3.63) is 0 Å². The number of carbonyl (C=O) groups excluding carboxylic acids is 1. The van der Waals surface area contributed by atoms with Gasteiger partial charge in [0, 0.05) is 25.5 Å². The molecule has 22 heavy (non-hydrogen) atoms. The number of halogens is 1. The number of piperidine rings is 1. The summed E-state index contributed by atoms with van der Waals surface area (Å²) < 4.78 is 17.0. The maximum absolute atomic E-state index is 12.1. The number of amides is 1. The molecule has 0 aromatic rings. The van der Waals surface area contributed by atoms with E-state index in [-0.39, 0.29) is 17.3 Å². The van der Waals surface area contributed by atoms with Crippen LogP contribution in [0.15, 0.2) is 0 Å². The Labute approximate surface area is 142 Å². The molecule has 0 radical (unpaired) electrons. The highest BCUT2D eigenvalue weighted by molar-refractivity contribution is 9.09. The molecule has 6 heteroatoms. The molecule has 1 heterocycles. The largest absolute Gasteiger partial charge is 0.444 e. The van der Waals surface area contributed by atoms with Gasteiger partial charge in [0.2, 0.25) is 0 Å². The summed E-state index contributed by atoms with van der Waals surface area (Å²) in [4.78, 5) is 13.9. The number of hydrogen-bond donors (Lipinski definition) is 0. The second-order valence-corrected chi connectivity index (χ2v) is 8.10. The molecule has 1 fully saturated rings. The van der Waals surface area contributed by atoms with E-state index in [0.29, 0.717) is 19.7 Å². The minimum atomic E-state index is -0.458. The number of rotatable bonds is 5. The van der Waals surface area contributed by atoms with Crippen LogP contribution in [0.1, 0.15) is 47.5 Å². The third-order valence-corrected chi connectivity index (χ3v) is 4.87. The SMILES string of the molecule is COC(C)(C)COC1(CBr)CCN(C(=O)OC(C)(C)C)CC1. The van der Waals surface area contributed by atoms with E-state index < -0.39 is 5.60 Å². The molecule has 0 atom stereocenters. The van der Waals surface area contributed by atoms with E-state index in [0.717, 1.165) is 18.2 Å². The van der Waals surface area contributed by atoms with E-state index in [1.54, 1.807) is 12.0 Å². The van der Waals surface area contributed by atoms with Crippen molar-refractivity contribution in [2.24, 2.45) is 0 Å². The molecule has 0 aromatic carbocycles. The molecule has 130 valence electrons. The first-order valence-corrected chi connectivity index (χ1v) is 8.88. The van der Waals surface area contributed by atoms with Gasteiger partial charge < -0.3 is 19.1 Å². The average molecular weight is 380 g/mol. The molecule has 1 aliphatic rings. The van der Waals surface area contributed by atoms with E-state index in [1.165, 1.54) is 0 Å². The normalized spacial score (nSPS) is 19.1. The van der Waals surface area contributed by atoms with Gasteiger partial charge in [-0.05, 0) is 47.5 Å². The molecular weight excluding hydrogens is 350 g/mol. The number of methoxy groups -OCH3 is 1. The third kappa shape index (κ3) is 6.05. The first-order valence-electron chi connectivity index (χ1n) is 7.76. The van der Waals surface area contributed by atoms with Crippen molar-refractivity contribution in [3.8, 4) is 0 Å². The molecule has 0 aromatic heterocycles. The van der Waals surface area contributed by atoms with Crippen LogP contribution in [0.2, 0.25) is 0 Å². The van der Waals surface area contributed by atoms with Crippen molar-refractivity contribution >= 4 is 22.0 Å². The molecule has 1 aliphatic heterocycles. The van der Waals surface area contributed by atoms with E-state index >= 15 is 0 Å². The van der Waals surface area contributed by atoms with Crippen LogP contribution in [0.3, 0.4) is 0 Å². The van der Waals surface area contributed by atoms with Gasteiger partial charge in [0.1, 0.15) is 5.60 Å². The fraction of sp³-hybridized carbons (Fsp3) is 0.938. The second-order valence-electron chi connectivity index (χ2n) is 7.54. The lowest BCUT2D eigenvalue weighted by Crippen LogP contribution is -2.51. The van der Waals surface area contributed by atoms with Crippen LogP contribution in [0.4, 0.5) is 4.79 Å². The first-order chi connectivity index (χ1) is 10.0. The van der Waals surface area contributed by atoms with E-state index in [2.05, 4.69) is 15.9 Å². The highest BCUT2D eigenvalue weighted by Crippen LogP contribution is 2.30. The molecule has 0 unspecified atom stereocenters. The Morgan fingerprint density at radius 1 is 1.18 bits per heavy atom. The van der Waals surface area contributed by atoms with Crippen LogP contribution in [-0.2, 0) is 14.2 Å². The van der Waals surface area contributed by atoms with Gasteiger partial charge in [-0.15, -0.1) is 0 Å². The molecule has 1 saturated heterocycles. The fourth-order valence-corrected chi connectivity index (χ4v) is 2.85. The van der Waals surface area contributed by atoms with Crippen molar-refractivity contribution in [2.45, 2.75) is 64.3 Å². The number of likely N-dealkylation sites (tertiary alicyclic amines) is 1. The van der Waals surface area contributed by atoms with Gasteiger partial charge in [-0.25, -0.2) is 4.79 Å². The average Bonchev–Trinajstić information content (AvgIpc) is 2.44. The smallest absolute Gasteiger partial charge is 0.410 e. The Morgan fingerprint density at radius 3 is 2.14 bits per heavy atom. The quantitative estimate of drug-likeness (QED) is 0.684. The standard InChI is InChI=1S/C16H30BrNO4/c1-14(2,3)22-13(19)18-9-7-16(11-17,8-10-18)21-12-15(4,5)20-6/h7-12H2,1-6H3. The van der Waals surface area contributed by atoms with Gasteiger partial charge in [0.05, 0.1) is 17.8 Å². The zero-order valence-corrected chi connectivity index (χ0v) is 16.3. The van der Waals surface area contributed by atoms with Gasteiger partial charge in [-0.2, -0.15) is 0 Å². The summed E-state index contributed by atoms with van der Waals surface area (Å²) in [6, 6.07) is 0. The van der Waals surface area contributed by atoms with Crippen LogP contribution in [0.5, 0.6) is 0 Å². The van der Waals surface area contributed by atoms with Crippen LogP contribution >= 0.6 is 15.9 Å². The predicted octanol–water partition coefficient (Wildman–Crippen LogP) is 3.59. The highest BCUT2D eigenvalue weighted by atomic mass is 79.9. The minimum absolute atomic E-state index is 0.242. The summed E-state index contributed by atoms with van der Waals surface area (Å²) in [7, 11) is 1.69. The lowest BCUT2D eigenvalue weighted by molar-refractivity contribution is -0.127. The molecule has 0 saturated carbocycles. The topological polar surface area (TPSA) is 48.0 Å². The minimum Gasteiger partial charge on any atom is -0.444 e. The molecule has 5 nitrogen and oxygen atoms in total. The van der Waals surface area contributed by atoms with Crippen molar-refractivity contribution in [1.29, 1.82) is 0 Å². The molecule has 0 aliphatic carbocycles. The Bertz CT molecular complexity index is 371. The van der Waals surface area contributed by atoms with Crippen LogP contribution in [-0.4, -0.2) is 59.9 Å². The Morgan fingerprint density at radius 2 is 1.73 bits per heavy atom. The van der Waals surface area contributed by atoms with Gasteiger partial charge in [-0.3, -0.25) is 0 Å². The summed E-state index contributed by atoms with van der Waals surface area (Å²) in [6.07, 6.45) is 1.34. The Hall–Kier alpha value is -0.330. The van der Waals surface area contributed by atoms with Crippen LogP contribution in [0.25, 0.3) is 0 Å². The first kappa shape index (κ1) is 19.7. The summed E-state index contributed by atoms with van der Waals surface area (Å²) in [6.45, 7) is 11.5. The van der Waals surface area contributed by atoms with Crippen LogP contribution < -0.4 is 0 Å². The number of ether oxygens (including phenoxy) is 3. The van der Waals surface area contributed by atoms with E-state index in [4.69, 9.17) is 14.2 Å². The number of carbonyl (C=O) groups is 1. The molecule has 0 N–H and O–H groups in total. The molecule has 0 spiro atoms. The number of alkyl halides is 1. The maximum Gasteiger partial charge on any atom is 0.410 e. The van der Waals surface area contributed by atoms with E-state index in [1.807, 2.05) is 34.6 Å². The monoisotopic (exact) mass is 379 g/mol. The van der Waals surface area contributed by atoms with Gasteiger partial charge in [-0.1, -0.05) is 15.9 Å². The third-order valence-electron chi connectivity index (χ3n) is 3.85. The van der Waals surface area contributed by atoms with Crippen molar-refractivity contribution in [3.63, 3.8) is 0 Å². The fourth-order valence-electron chi connectivity index (χ4n) is 2.13. The number of nitrogens with zero attached hydrogens (tertiary/aromatic N) is 1. The van der Waals surface area contributed by atoms with E-state index in [9.17, 15) is 4.79 Å². The summed E-state index contributed by atoms with van der Waals surface area (Å²) in [5, 5.41) is 0.752. The Balaban J connectivity index is 2.55. The second kappa shape index (κ2) is 7.49. The molecule has 1 amide bonds. The van der Waals surface area contributed by atoms with Gasteiger partial charge >= 0.3 is 6.09 Å². The zero-order valence-electron chi connectivity index (χ0n) is 14.7. The lowest BCUT2D eigenvalue weighted by atomic mass is 9.93. The summed E-state index contributed by atoms with van der Waals surface area (Å²) in [5.41, 5.74) is -1.01. The zero-order chi connectivity index (χ0) is 17.0. The van der Waals surface area contributed by atoms with Gasteiger partial charge in [0.15, 0.2) is 0 Å². The number of hydrogen-bond acceptors (Lipinski definition) is 4. The maximum atomic E-state index is 12.1. The molecule has 1 rings (SSSR count). The van der Waals surface area contributed by atoms with Crippen molar-refractivity contribution in [2.75, 3.05) is 32.1 Å². The molecule has 0 bridgehead atoms. The van der Waals surface area contributed by atoms with Crippen LogP contribution in [0, 0.1) is 0 Å². The van der Waals surface area contributed by atoms with Crippen molar-refractivity contribution < 1.29 is 19.0 Å². The summed E-state index contributed by atoms with van der Waals surface area (Å²) >= 11 is 3.56. The highest BCUT2D eigenvalue weighted by Gasteiger charge is 2.38. The van der Waals surface area contributed by atoms with Crippen molar-refractivity contribution in [1.82, 2.24) is 4.90 Å². The Kier molecular flexibility index (Phi) is 6.72. The summed E-state index contributed by atoms with van der Waals surface area (Å²) in [5.74, 6) is 0.